The Morgan fingerprint density at radius 1 is 1.05 bits per heavy atom. The van der Waals surface area contributed by atoms with Gasteiger partial charge in [-0.25, -0.2) is 0 Å². The molecule has 0 amide bonds. The number of rotatable bonds is 3. The average Bonchev–Trinajstić information content (AvgIpc) is 2.28. The lowest BCUT2D eigenvalue weighted by atomic mass is 9.39. The van der Waals surface area contributed by atoms with Gasteiger partial charge in [-0.3, -0.25) is 4.18 Å². The van der Waals surface area contributed by atoms with E-state index in [1.165, 1.54) is 32.1 Å². The fourth-order valence-electron chi connectivity index (χ4n) is 4.77. The summed E-state index contributed by atoms with van der Waals surface area (Å²) in [5.41, 5.74) is 2.13. The van der Waals surface area contributed by atoms with Crippen molar-refractivity contribution in [1.82, 2.24) is 0 Å². The molecular formula is C17H22O3S. The van der Waals surface area contributed by atoms with Crippen molar-refractivity contribution < 1.29 is 12.6 Å². The number of benzene rings is 1. The highest BCUT2D eigenvalue weighted by molar-refractivity contribution is 7.86. The summed E-state index contributed by atoms with van der Waals surface area (Å²) in [6, 6.07) is 6.88. The van der Waals surface area contributed by atoms with Gasteiger partial charge in [0.15, 0.2) is 0 Å². The van der Waals surface area contributed by atoms with Gasteiger partial charge in [-0.1, -0.05) is 24.1 Å². The molecule has 1 aromatic rings. The van der Waals surface area contributed by atoms with E-state index < -0.39 is 10.1 Å². The first-order valence-corrected chi connectivity index (χ1v) is 9.31. The minimum atomic E-state index is -3.59. The first kappa shape index (κ1) is 13.8. The summed E-state index contributed by atoms with van der Waals surface area (Å²) >= 11 is 0. The molecule has 0 saturated heterocycles. The van der Waals surface area contributed by atoms with Crippen LogP contribution in [0.25, 0.3) is 0 Å². The van der Waals surface area contributed by atoms with Gasteiger partial charge in [0.1, 0.15) is 0 Å². The van der Waals surface area contributed by atoms with E-state index in [1.54, 1.807) is 12.1 Å². The van der Waals surface area contributed by atoms with Gasteiger partial charge in [-0.2, -0.15) is 8.42 Å². The number of aryl methyl sites for hydroxylation is 1. The first-order valence-electron chi connectivity index (χ1n) is 7.91. The SMILES string of the molecule is Cc1ccc(S(=O)(=O)OC2CC3(C2)CC2(CCC2)C3)cc1. The third kappa shape index (κ3) is 2.23. The van der Waals surface area contributed by atoms with Crippen molar-refractivity contribution in [2.24, 2.45) is 10.8 Å². The Labute approximate surface area is 126 Å². The van der Waals surface area contributed by atoms with Crippen molar-refractivity contribution in [2.75, 3.05) is 0 Å². The normalized spacial score (nSPS) is 26.1. The van der Waals surface area contributed by atoms with Gasteiger partial charge in [-0.05, 0) is 68.4 Å². The quantitative estimate of drug-likeness (QED) is 0.798. The Bertz CT molecular complexity index is 640. The van der Waals surface area contributed by atoms with Crippen molar-refractivity contribution in [3.63, 3.8) is 0 Å². The molecule has 4 rings (SSSR count). The molecule has 0 unspecified atom stereocenters. The summed E-state index contributed by atoms with van der Waals surface area (Å²) in [7, 11) is -3.59. The predicted octanol–water partition coefficient (Wildman–Crippen LogP) is 3.81. The first-order chi connectivity index (χ1) is 9.91. The Balaban J connectivity index is 1.36. The molecule has 0 N–H and O–H groups in total. The van der Waals surface area contributed by atoms with Crippen LogP contribution in [0.15, 0.2) is 29.2 Å². The van der Waals surface area contributed by atoms with Gasteiger partial charge in [0.2, 0.25) is 0 Å². The van der Waals surface area contributed by atoms with Crippen LogP contribution in [-0.4, -0.2) is 14.5 Å². The summed E-state index contributed by atoms with van der Waals surface area (Å²) in [5.74, 6) is 0. The average molecular weight is 306 g/mol. The Kier molecular flexibility index (Phi) is 2.84. The maximum Gasteiger partial charge on any atom is 0.297 e. The molecule has 0 atom stereocenters. The van der Waals surface area contributed by atoms with Gasteiger partial charge in [0, 0.05) is 0 Å². The second-order valence-electron chi connectivity index (χ2n) is 7.60. The van der Waals surface area contributed by atoms with Gasteiger partial charge in [-0.15, -0.1) is 0 Å². The van der Waals surface area contributed by atoms with Crippen LogP contribution in [0.4, 0.5) is 0 Å². The predicted molar refractivity (Wildman–Crippen MR) is 80.4 cm³/mol. The van der Waals surface area contributed by atoms with Crippen molar-refractivity contribution in [3.8, 4) is 0 Å². The smallest absolute Gasteiger partial charge is 0.263 e. The highest BCUT2D eigenvalue weighted by Gasteiger charge is 2.62. The highest BCUT2D eigenvalue weighted by atomic mass is 32.2. The second kappa shape index (κ2) is 4.32. The molecule has 3 fully saturated rings. The van der Waals surface area contributed by atoms with Gasteiger partial charge < -0.3 is 0 Å². The highest BCUT2D eigenvalue weighted by Crippen LogP contribution is 2.71. The Morgan fingerprint density at radius 3 is 2.19 bits per heavy atom. The monoisotopic (exact) mass is 306 g/mol. The fourth-order valence-corrected chi connectivity index (χ4v) is 5.85. The lowest BCUT2D eigenvalue weighted by Crippen LogP contribution is -2.58. The largest absolute Gasteiger partial charge is 0.297 e. The van der Waals surface area contributed by atoms with Gasteiger partial charge in [0.05, 0.1) is 11.0 Å². The molecule has 3 saturated carbocycles. The third-order valence-corrected chi connectivity index (χ3v) is 7.18. The zero-order valence-electron chi connectivity index (χ0n) is 12.5. The van der Waals surface area contributed by atoms with E-state index in [4.69, 9.17) is 4.18 Å². The van der Waals surface area contributed by atoms with Crippen LogP contribution < -0.4 is 0 Å². The maximum absolute atomic E-state index is 12.2. The molecule has 1 aromatic carbocycles. The molecule has 3 nitrogen and oxygen atoms in total. The summed E-state index contributed by atoms with van der Waals surface area (Å²) in [5, 5.41) is 0. The molecule has 0 heterocycles. The molecule has 0 aliphatic heterocycles. The van der Waals surface area contributed by atoms with Crippen LogP contribution in [0.2, 0.25) is 0 Å². The van der Waals surface area contributed by atoms with E-state index in [0.717, 1.165) is 18.4 Å². The lowest BCUT2D eigenvalue weighted by Gasteiger charge is -2.66. The number of hydrogen-bond acceptors (Lipinski definition) is 3. The minimum absolute atomic E-state index is 0.103. The molecule has 4 heteroatoms. The molecule has 21 heavy (non-hydrogen) atoms. The molecule has 3 aliphatic carbocycles. The van der Waals surface area contributed by atoms with Crippen LogP contribution in [0.1, 0.15) is 50.5 Å². The van der Waals surface area contributed by atoms with E-state index in [-0.39, 0.29) is 11.0 Å². The molecule has 3 aliphatic rings. The lowest BCUT2D eigenvalue weighted by molar-refractivity contribution is -0.175. The molecule has 0 radical (unpaired) electrons. The molecule has 2 spiro atoms. The van der Waals surface area contributed by atoms with E-state index in [1.807, 2.05) is 19.1 Å². The molecule has 0 bridgehead atoms. The van der Waals surface area contributed by atoms with Gasteiger partial charge >= 0.3 is 0 Å². The van der Waals surface area contributed by atoms with Crippen molar-refractivity contribution in [1.29, 1.82) is 0 Å². The summed E-state index contributed by atoms with van der Waals surface area (Å²) < 4.78 is 29.9. The van der Waals surface area contributed by atoms with E-state index in [9.17, 15) is 8.42 Å². The number of hydrogen-bond donors (Lipinski definition) is 0. The van der Waals surface area contributed by atoms with Gasteiger partial charge in [0.25, 0.3) is 10.1 Å². The topological polar surface area (TPSA) is 43.4 Å². The zero-order valence-corrected chi connectivity index (χ0v) is 13.3. The van der Waals surface area contributed by atoms with E-state index in [2.05, 4.69) is 0 Å². The summed E-state index contributed by atoms with van der Waals surface area (Å²) in [6.07, 6.45) is 8.55. The van der Waals surface area contributed by atoms with Crippen LogP contribution in [0.3, 0.4) is 0 Å². The maximum atomic E-state index is 12.2. The molecule has 0 aromatic heterocycles. The zero-order chi connectivity index (χ0) is 14.7. The third-order valence-electron chi connectivity index (χ3n) is 5.81. The van der Waals surface area contributed by atoms with Crippen LogP contribution >= 0.6 is 0 Å². The van der Waals surface area contributed by atoms with Crippen LogP contribution in [0, 0.1) is 17.8 Å². The second-order valence-corrected chi connectivity index (χ2v) is 9.17. The summed E-state index contributed by atoms with van der Waals surface area (Å²) in [4.78, 5) is 0.276. The standard InChI is InChI=1S/C17H22O3S/c1-13-3-5-15(6-4-13)21(18,19)20-14-9-17(10-14)11-16(12-17)7-2-8-16/h3-6,14H,2,7-12H2,1H3. The summed E-state index contributed by atoms with van der Waals surface area (Å²) in [6.45, 7) is 1.94. The fraction of sp³-hybridized carbons (Fsp3) is 0.647. The van der Waals surface area contributed by atoms with E-state index in [0.29, 0.717) is 10.8 Å². The van der Waals surface area contributed by atoms with Crippen molar-refractivity contribution in [2.45, 2.75) is 62.9 Å². The van der Waals surface area contributed by atoms with Crippen LogP contribution in [0.5, 0.6) is 0 Å². The Hall–Kier alpha value is -0.870. The van der Waals surface area contributed by atoms with E-state index >= 15 is 0 Å². The van der Waals surface area contributed by atoms with Crippen molar-refractivity contribution >= 4 is 10.1 Å². The minimum Gasteiger partial charge on any atom is -0.263 e. The molecule has 114 valence electrons. The Morgan fingerprint density at radius 2 is 1.67 bits per heavy atom. The van der Waals surface area contributed by atoms with Crippen molar-refractivity contribution in [3.05, 3.63) is 29.8 Å². The van der Waals surface area contributed by atoms with Crippen LogP contribution in [-0.2, 0) is 14.3 Å². The molecular weight excluding hydrogens is 284 g/mol.